The van der Waals surface area contributed by atoms with Crippen LogP contribution in [-0.2, 0) is 34.7 Å². The molecule has 1 aromatic heterocycles. The average molecular weight is 729 g/mol. The molecule has 0 saturated carbocycles. The Hall–Kier alpha value is -4.58. The number of phosphoric acid groups is 1. The first-order chi connectivity index (χ1) is 23.6. The summed E-state index contributed by atoms with van der Waals surface area (Å²) >= 11 is 0. The van der Waals surface area contributed by atoms with Crippen LogP contribution < -0.4 is 15.5 Å². The van der Waals surface area contributed by atoms with Gasteiger partial charge in [-0.3, -0.25) is 18.9 Å². The third-order valence-electron chi connectivity index (χ3n) is 8.59. The van der Waals surface area contributed by atoms with Crippen LogP contribution in [0.2, 0.25) is 0 Å². The number of benzene rings is 1. The summed E-state index contributed by atoms with van der Waals surface area (Å²) in [5, 5.41) is 6.49. The summed E-state index contributed by atoms with van der Waals surface area (Å²) in [7, 11) is -3.30. The molecule has 50 heavy (non-hydrogen) atoms. The topological polar surface area (TPSA) is 214 Å². The molecular formula is C30H35F2N4O13P. The van der Waals surface area contributed by atoms with Crippen LogP contribution in [0.3, 0.4) is 0 Å². The molecule has 0 radical (unpaired) electrons. The number of fused-ring (bicyclic) bond motifs is 5. The summed E-state index contributed by atoms with van der Waals surface area (Å²) < 4.78 is 65.1. The van der Waals surface area contributed by atoms with E-state index in [-0.39, 0.29) is 36.9 Å². The molecule has 20 heteroatoms. The van der Waals surface area contributed by atoms with E-state index in [1.165, 1.54) is 24.8 Å². The molecule has 1 aromatic carbocycles. The highest BCUT2D eigenvalue weighted by Gasteiger charge is 2.55. The quantitative estimate of drug-likeness (QED) is 0.173. The summed E-state index contributed by atoms with van der Waals surface area (Å²) in [5.74, 6) is -4.29. The van der Waals surface area contributed by atoms with Crippen LogP contribution in [0.5, 0.6) is 5.75 Å². The minimum Gasteiger partial charge on any atom is -0.482 e. The van der Waals surface area contributed by atoms with E-state index in [0.717, 1.165) is 12.1 Å². The van der Waals surface area contributed by atoms with Crippen molar-refractivity contribution in [3.63, 3.8) is 0 Å². The van der Waals surface area contributed by atoms with Gasteiger partial charge in [-0.25, -0.2) is 18.1 Å². The minimum atomic E-state index is -4.74. The zero-order valence-electron chi connectivity index (χ0n) is 27.1. The number of phosphoric ester groups is 1. The second kappa shape index (κ2) is 14.7. The van der Waals surface area contributed by atoms with Crippen LogP contribution in [0.4, 0.5) is 13.6 Å². The number of halogens is 2. The van der Waals surface area contributed by atoms with Crippen molar-refractivity contribution < 1.29 is 65.8 Å². The van der Waals surface area contributed by atoms with Gasteiger partial charge in [0, 0.05) is 42.9 Å². The van der Waals surface area contributed by atoms with Crippen molar-refractivity contribution in [2.75, 3.05) is 33.7 Å². The van der Waals surface area contributed by atoms with Crippen LogP contribution in [0.15, 0.2) is 34.3 Å². The number of amides is 2. The Balaban J connectivity index is 1.45. The molecule has 5 rings (SSSR count). The molecule has 1 saturated heterocycles. The highest BCUT2D eigenvalue weighted by molar-refractivity contribution is 7.46. The van der Waals surface area contributed by atoms with Crippen molar-refractivity contribution in [1.82, 2.24) is 14.8 Å². The molecule has 4 heterocycles. The Kier molecular flexibility index (Phi) is 10.8. The Morgan fingerprint density at radius 2 is 1.98 bits per heavy atom. The van der Waals surface area contributed by atoms with Crippen LogP contribution in [0.25, 0.3) is 0 Å². The zero-order valence-corrected chi connectivity index (χ0v) is 28.0. The van der Waals surface area contributed by atoms with Gasteiger partial charge in [-0.15, -0.1) is 0 Å². The summed E-state index contributed by atoms with van der Waals surface area (Å²) in [6.45, 7) is 1.26. The number of ether oxygens (including phenoxy) is 4. The lowest BCUT2D eigenvalue weighted by molar-refractivity contribution is -0.0658. The number of rotatable bonds is 11. The molecule has 2 amide bonds. The van der Waals surface area contributed by atoms with Gasteiger partial charge in [-0.2, -0.15) is 0 Å². The molecule has 0 unspecified atom stereocenters. The number of hydrogen-bond donors (Lipinski definition) is 3. The summed E-state index contributed by atoms with van der Waals surface area (Å²) in [6.07, 6.45) is 1.02. The van der Waals surface area contributed by atoms with E-state index in [2.05, 4.69) is 15.0 Å². The minimum absolute atomic E-state index is 0.0602. The van der Waals surface area contributed by atoms with E-state index in [0.29, 0.717) is 24.8 Å². The first-order valence-corrected chi connectivity index (χ1v) is 16.9. The molecule has 4 atom stereocenters. The molecule has 3 aliphatic heterocycles. The monoisotopic (exact) mass is 728 g/mol. The lowest BCUT2D eigenvalue weighted by Gasteiger charge is -2.42. The fourth-order valence-electron chi connectivity index (χ4n) is 5.91. The normalized spacial score (nSPS) is 21.8. The Morgan fingerprint density at radius 1 is 1.22 bits per heavy atom. The molecule has 2 aromatic rings. The molecule has 0 aliphatic carbocycles. The van der Waals surface area contributed by atoms with Gasteiger partial charge in [0.2, 0.25) is 23.9 Å². The third-order valence-corrected chi connectivity index (χ3v) is 9.08. The Morgan fingerprint density at radius 3 is 2.66 bits per heavy atom. The lowest BCUT2D eigenvalue weighted by Crippen LogP contribution is -2.52. The number of nitrogens with zero attached hydrogens (tertiary/aromatic N) is 3. The van der Waals surface area contributed by atoms with Crippen LogP contribution in [-0.4, -0.2) is 88.4 Å². The standard InChI is InChI=1S/C30H35F2N4O13P/c1-16(14-48-50(41,42)43)13-45-29(40)47-15-46-26-24-28(39)35-12-22(30(7-6-17(35)2)9-23(44-3)34-49-30)36(24)11-20(25(26)37)27(38)33-10-18-4-5-19(31)8-21(18)32/h4-5,8,11,16-17,22H,6-7,9-10,12-15H2,1-3H3,(H,33,38)(H2,41,42,43)/t16-,17+,22-,30+/m1/s1. The van der Waals surface area contributed by atoms with Crippen LogP contribution in [0, 0.1) is 17.6 Å². The molecular weight excluding hydrogens is 693 g/mol. The van der Waals surface area contributed by atoms with Crippen molar-refractivity contribution >= 4 is 31.7 Å². The number of nitrogens with one attached hydrogen (secondary N) is 1. The Bertz CT molecular complexity index is 1800. The fraction of sp³-hybridized carbons (Fsp3) is 0.500. The van der Waals surface area contributed by atoms with E-state index in [1.807, 2.05) is 6.92 Å². The van der Waals surface area contributed by atoms with Gasteiger partial charge < -0.3 is 48.4 Å². The molecule has 272 valence electrons. The van der Waals surface area contributed by atoms with Gasteiger partial charge in [0.25, 0.3) is 11.8 Å². The van der Waals surface area contributed by atoms with E-state index < -0.39 is 91.7 Å². The van der Waals surface area contributed by atoms with E-state index >= 15 is 0 Å². The molecule has 3 N–H and O–H groups in total. The van der Waals surface area contributed by atoms with Gasteiger partial charge in [0.15, 0.2) is 11.3 Å². The highest BCUT2D eigenvalue weighted by Crippen LogP contribution is 2.46. The van der Waals surface area contributed by atoms with Gasteiger partial charge in [-0.05, 0) is 25.8 Å². The average Bonchev–Trinajstić information content (AvgIpc) is 3.44. The summed E-state index contributed by atoms with van der Waals surface area (Å²) in [4.78, 5) is 78.7. The molecule has 2 bridgehead atoms. The van der Waals surface area contributed by atoms with Crippen molar-refractivity contribution in [2.24, 2.45) is 11.1 Å². The molecule has 3 aliphatic rings. The van der Waals surface area contributed by atoms with Crippen molar-refractivity contribution in [2.45, 2.75) is 57.3 Å². The van der Waals surface area contributed by atoms with Gasteiger partial charge >= 0.3 is 14.0 Å². The van der Waals surface area contributed by atoms with Gasteiger partial charge in [-0.1, -0.05) is 18.1 Å². The predicted molar refractivity (Wildman–Crippen MR) is 165 cm³/mol. The maximum absolute atomic E-state index is 14.3. The van der Waals surface area contributed by atoms with Crippen molar-refractivity contribution in [3.8, 4) is 5.75 Å². The van der Waals surface area contributed by atoms with Crippen LogP contribution in [0.1, 0.15) is 65.6 Å². The first kappa shape index (κ1) is 36.7. The number of methoxy groups -OCH3 is 1. The molecule has 1 fully saturated rings. The second-order valence-corrected chi connectivity index (χ2v) is 13.4. The number of carbonyl (C=O) groups is 3. The van der Waals surface area contributed by atoms with Gasteiger partial charge in [0.05, 0.1) is 32.8 Å². The maximum atomic E-state index is 14.3. The number of carbonyl (C=O) groups excluding carboxylic acids is 3. The van der Waals surface area contributed by atoms with Gasteiger partial charge in [0.1, 0.15) is 17.2 Å². The number of aromatic nitrogens is 1. The third kappa shape index (κ3) is 7.90. The second-order valence-electron chi connectivity index (χ2n) is 12.1. The van der Waals surface area contributed by atoms with E-state index in [9.17, 15) is 32.5 Å². The highest BCUT2D eigenvalue weighted by atomic mass is 31.2. The Labute approximate surface area is 283 Å². The number of oxime groups is 1. The van der Waals surface area contributed by atoms with Crippen molar-refractivity contribution in [1.29, 1.82) is 0 Å². The van der Waals surface area contributed by atoms with Crippen LogP contribution >= 0.6 is 7.82 Å². The summed E-state index contributed by atoms with van der Waals surface area (Å²) in [6, 6.07) is 1.75. The number of hydrogen-bond acceptors (Lipinski definition) is 12. The van der Waals surface area contributed by atoms with Crippen molar-refractivity contribution in [3.05, 3.63) is 63.1 Å². The molecule has 1 spiro atoms. The maximum Gasteiger partial charge on any atom is 0.511 e. The largest absolute Gasteiger partial charge is 0.511 e. The molecule has 17 nitrogen and oxygen atoms in total. The lowest BCUT2D eigenvalue weighted by atomic mass is 9.85. The SMILES string of the molecule is COC1=NO[C@@]2(CC[C@H](C)N3C[C@H]2n2cc(C(=O)NCc4ccc(F)cc4F)c(=O)c(OCOC(=O)OC[C@@H](C)COP(=O)(O)O)c2C3=O)C1. The number of pyridine rings is 1. The smallest absolute Gasteiger partial charge is 0.482 e. The fourth-order valence-corrected chi connectivity index (χ4v) is 6.36. The predicted octanol–water partition coefficient (Wildman–Crippen LogP) is 2.59. The van der Waals surface area contributed by atoms with E-state index in [4.69, 9.17) is 33.6 Å². The van der Waals surface area contributed by atoms with E-state index in [1.54, 1.807) is 4.90 Å². The zero-order chi connectivity index (χ0) is 36.4. The summed E-state index contributed by atoms with van der Waals surface area (Å²) in [5.41, 5.74) is -2.93. The first-order valence-electron chi connectivity index (χ1n) is 15.4.